The van der Waals surface area contributed by atoms with Gasteiger partial charge in [-0.3, -0.25) is 0 Å². The summed E-state index contributed by atoms with van der Waals surface area (Å²) in [7, 11) is 0. The molecule has 72 valence electrons. The summed E-state index contributed by atoms with van der Waals surface area (Å²) in [5.74, 6) is 0. The molecule has 2 heterocycles. The van der Waals surface area contributed by atoms with Crippen molar-refractivity contribution in [2.45, 2.75) is 13.1 Å². The maximum absolute atomic E-state index is 4.13. The van der Waals surface area contributed by atoms with Crippen LogP contribution in [0.15, 0.2) is 45.3 Å². The van der Waals surface area contributed by atoms with Crippen molar-refractivity contribution in [1.82, 2.24) is 0 Å². The van der Waals surface area contributed by atoms with Crippen molar-refractivity contribution in [2.75, 3.05) is 0 Å². The van der Waals surface area contributed by atoms with E-state index in [1.807, 2.05) is 12.1 Å². The Kier molecular flexibility index (Phi) is 3.43. The second-order valence-electron chi connectivity index (χ2n) is 2.76. The summed E-state index contributed by atoms with van der Waals surface area (Å²) < 4.78 is 0. The molecule has 0 aliphatic carbocycles. The van der Waals surface area contributed by atoms with Gasteiger partial charge in [-0.15, -0.1) is 22.7 Å². The van der Waals surface area contributed by atoms with Gasteiger partial charge in [0.25, 0.3) is 0 Å². The summed E-state index contributed by atoms with van der Waals surface area (Å²) in [5, 5.41) is 12.4. The fourth-order valence-corrected chi connectivity index (χ4v) is 2.29. The number of hydrogen-bond donors (Lipinski definition) is 0. The normalized spacial score (nSPS) is 11.1. The second-order valence-corrected chi connectivity index (χ2v) is 4.82. The van der Waals surface area contributed by atoms with Crippen LogP contribution in [0.1, 0.15) is 9.75 Å². The van der Waals surface area contributed by atoms with Gasteiger partial charge in [-0.2, -0.15) is 10.2 Å². The van der Waals surface area contributed by atoms with Crippen molar-refractivity contribution in [3.8, 4) is 0 Å². The van der Waals surface area contributed by atoms with Crippen LogP contribution in [0.25, 0.3) is 0 Å². The van der Waals surface area contributed by atoms with Gasteiger partial charge in [0.1, 0.15) is 0 Å². The standard InChI is InChI=1S/C10H10N2S2/c1-3-9(13-5-1)7-11-12-8-10-4-2-6-14-10/h1-6H,7-8H2. The van der Waals surface area contributed by atoms with E-state index in [0.717, 1.165) is 0 Å². The van der Waals surface area contributed by atoms with Crippen molar-refractivity contribution in [2.24, 2.45) is 10.2 Å². The molecular formula is C10H10N2S2. The fourth-order valence-electron chi connectivity index (χ4n) is 1.04. The highest BCUT2D eigenvalue weighted by Crippen LogP contribution is 2.12. The highest BCUT2D eigenvalue weighted by atomic mass is 32.1. The molecule has 0 amide bonds. The molecule has 0 aromatic carbocycles. The third-order valence-electron chi connectivity index (χ3n) is 1.71. The number of nitrogens with zero attached hydrogens (tertiary/aromatic N) is 2. The van der Waals surface area contributed by atoms with E-state index in [1.165, 1.54) is 9.75 Å². The van der Waals surface area contributed by atoms with E-state index in [4.69, 9.17) is 0 Å². The van der Waals surface area contributed by atoms with Crippen LogP contribution in [0.2, 0.25) is 0 Å². The minimum absolute atomic E-state index is 0.711. The average Bonchev–Trinajstić information content (AvgIpc) is 2.86. The van der Waals surface area contributed by atoms with Crippen LogP contribution >= 0.6 is 22.7 Å². The maximum atomic E-state index is 4.13. The Morgan fingerprint density at radius 3 is 1.71 bits per heavy atom. The molecule has 0 aliphatic heterocycles. The topological polar surface area (TPSA) is 24.7 Å². The fraction of sp³-hybridized carbons (Fsp3) is 0.200. The van der Waals surface area contributed by atoms with Crippen molar-refractivity contribution in [3.63, 3.8) is 0 Å². The zero-order chi connectivity index (χ0) is 9.64. The average molecular weight is 222 g/mol. The summed E-state index contributed by atoms with van der Waals surface area (Å²) >= 11 is 3.44. The SMILES string of the molecule is c1csc(CN=NCc2cccs2)c1. The van der Waals surface area contributed by atoms with Gasteiger partial charge >= 0.3 is 0 Å². The van der Waals surface area contributed by atoms with E-state index in [0.29, 0.717) is 13.1 Å². The highest BCUT2D eigenvalue weighted by molar-refractivity contribution is 7.10. The molecule has 0 saturated carbocycles. The third-order valence-corrected chi connectivity index (χ3v) is 3.44. The third kappa shape index (κ3) is 2.75. The Balaban J connectivity index is 1.79. The Labute approximate surface area is 90.9 Å². The summed E-state index contributed by atoms with van der Waals surface area (Å²) in [5.41, 5.74) is 0. The van der Waals surface area contributed by atoms with Crippen LogP contribution in [0.3, 0.4) is 0 Å². The van der Waals surface area contributed by atoms with E-state index in [-0.39, 0.29) is 0 Å². The Morgan fingerprint density at radius 1 is 0.857 bits per heavy atom. The molecule has 0 bridgehead atoms. The van der Waals surface area contributed by atoms with E-state index >= 15 is 0 Å². The lowest BCUT2D eigenvalue weighted by Gasteiger charge is -1.88. The molecule has 2 nitrogen and oxygen atoms in total. The molecule has 0 fully saturated rings. The molecule has 0 N–H and O–H groups in total. The zero-order valence-electron chi connectivity index (χ0n) is 7.59. The van der Waals surface area contributed by atoms with E-state index in [1.54, 1.807) is 22.7 Å². The predicted octanol–water partition coefficient (Wildman–Crippen LogP) is 3.96. The number of hydrogen-bond acceptors (Lipinski definition) is 4. The maximum Gasteiger partial charge on any atom is 0.0941 e. The molecule has 0 spiro atoms. The van der Waals surface area contributed by atoms with Gasteiger partial charge in [-0.25, -0.2) is 0 Å². The molecular weight excluding hydrogens is 212 g/mol. The molecule has 2 rings (SSSR count). The lowest BCUT2D eigenvalue weighted by Crippen LogP contribution is -1.74. The van der Waals surface area contributed by atoms with Crippen molar-refractivity contribution < 1.29 is 0 Å². The first-order chi connectivity index (χ1) is 6.95. The van der Waals surface area contributed by atoms with Crippen LogP contribution < -0.4 is 0 Å². The minimum atomic E-state index is 0.711. The van der Waals surface area contributed by atoms with Gasteiger partial charge in [0.2, 0.25) is 0 Å². The Hall–Kier alpha value is -1.00. The monoisotopic (exact) mass is 222 g/mol. The minimum Gasteiger partial charge on any atom is -0.188 e. The van der Waals surface area contributed by atoms with Crippen molar-refractivity contribution in [1.29, 1.82) is 0 Å². The molecule has 0 radical (unpaired) electrons. The van der Waals surface area contributed by atoms with Gasteiger partial charge in [-0.1, -0.05) is 12.1 Å². The molecule has 4 heteroatoms. The smallest absolute Gasteiger partial charge is 0.0941 e. The molecule has 2 aromatic rings. The van der Waals surface area contributed by atoms with E-state index in [2.05, 4.69) is 33.1 Å². The molecule has 0 saturated heterocycles. The van der Waals surface area contributed by atoms with E-state index < -0.39 is 0 Å². The van der Waals surface area contributed by atoms with Crippen LogP contribution in [0.4, 0.5) is 0 Å². The first kappa shape index (κ1) is 9.55. The van der Waals surface area contributed by atoms with Crippen LogP contribution in [0.5, 0.6) is 0 Å². The quantitative estimate of drug-likeness (QED) is 0.699. The summed E-state index contributed by atoms with van der Waals surface area (Å²) in [4.78, 5) is 2.53. The van der Waals surface area contributed by atoms with Gasteiger partial charge in [0, 0.05) is 9.75 Å². The molecule has 0 unspecified atom stereocenters. The summed E-state index contributed by atoms with van der Waals surface area (Å²) in [6.45, 7) is 1.42. The largest absolute Gasteiger partial charge is 0.188 e. The predicted molar refractivity (Wildman–Crippen MR) is 60.9 cm³/mol. The van der Waals surface area contributed by atoms with Crippen molar-refractivity contribution >= 4 is 22.7 Å². The van der Waals surface area contributed by atoms with Crippen LogP contribution in [0, 0.1) is 0 Å². The van der Waals surface area contributed by atoms with Crippen LogP contribution in [-0.4, -0.2) is 0 Å². The number of azo groups is 1. The lowest BCUT2D eigenvalue weighted by molar-refractivity contribution is 0.868. The zero-order valence-corrected chi connectivity index (χ0v) is 9.22. The first-order valence-corrected chi connectivity index (χ1v) is 6.09. The molecule has 0 atom stereocenters. The summed E-state index contributed by atoms with van der Waals surface area (Å²) in [6.07, 6.45) is 0. The molecule has 0 aliphatic rings. The molecule has 2 aromatic heterocycles. The van der Waals surface area contributed by atoms with Gasteiger partial charge in [0.05, 0.1) is 13.1 Å². The van der Waals surface area contributed by atoms with E-state index in [9.17, 15) is 0 Å². The number of rotatable bonds is 4. The van der Waals surface area contributed by atoms with Gasteiger partial charge < -0.3 is 0 Å². The van der Waals surface area contributed by atoms with Gasteiger partial charge in [-0.05, 0) is 22.9 Å². The Bertz CT molecular complexity index is 338. The van der Waals surface area contributed by atoms with Crippen LogP contribution in [-0.2, 0) is 13.1 Å². The highest BCUT2D eigenvalue weighted by Gasteiger charge is 1.91. The summed E-state index contributed by atoms with van der Waals surface area (Å²) in [6, 6.07) is 8.23. The molecule has 14 heavy (non-hydrogen) atoms. The van der Waals surface area contributed by atoms with Gasteiger partial charge in [0.15, 0.2) is 0 Å². The second kappa shape index (κ2) is 5.02. The van der Waals surface area contributed by atoms with Crippen molar-refractivity contribution in [3.05, 3.63) is 44.8 Å². The first-order valence-electron chi connectivity index (χ1n) is 4.33. The Morgan fingerprint density at radius 2 is 1.36 bits per heavy atom. The lowest BCUT2D eigenvalue weighted by atomic mass is 10.5. The number of thiophene rings is 2.